The highest BCUT2D eigenvalue weighted by Gasteiger charge is 2.55. The first-order valence-electron chi connectivity index (χ1n) is 7.54. The van der Waals surface area contributed by atoms with Crippen molar-refractivity contribution in [1.29, 1.82) is 0 Å². The molecule has 0 aliphatic carbocycles. The first kappa shape index (κ1) is 15.2. The summed E-state index contributed by atoms with van der Waals surface area (Å²) >= 11 is 6.08. The SMILES string of the molecule is COC1=[N+]2C(=C(c3ccc(C)cc3)c3ccc(Cl)n3[B-]2(F)F)C=C1. The average Bonchev–Trinajstić information content (AvgIpc) is 3.14. The Morgan fingerprint density at radius 1 is 1.08 bits per heavy atom. The van der Waals surface area contributed by atoms with Gasteiger partial charge in [0.2, 0.25) is 0 Å². The van der Waals surface area contributed by atoms with Gasteiger partial charge >= 0.3 is 12.9 Å². The van der Waals surface area contributed by atoms with E-state index in [2.05, 4.69) is 0 Å². The lowest BCUT2D eigenvalue weighted by Crippen LogP contribution is -2.51. The number of aromatic nitrogens is 1. The van der Waals surface area contributed by atoms with Crippen LogP contribution in [0.5, 0.6) is 0 Å². The zero-order valence-electron chi connectivity index (χ0n) is 13.1. The van der Waals surface area contributed by atoms with Crippen LogP contribution in [0.3, 0.4) is 0 Å². The number of ether oxygens (including phenoxy) is 1. The molecule has 3 nitrogen and oxygen atoms in total. The minimum atomic E-state index is -4.12. The van der Waals surface area contributed by atoms with Crippen molar-refractivity contribution in [3.63, 3.8) is 0 Å². The summed E-state index contributed by atoms with van der Waals surface area (Å²) < 4.78 is 37.2. The number of fused-ring (bicyclic) bond motifs is 2. The molecule has 0 amide bonds. The molecule has 1 aromatic carbocycles. The highest BCUT2D eigenvalue weighted by Crippen LogP contribution is 2.41. The zero-order chi connectivity index (χ0) is 17.1. The Kier molecular flexibility index (Phi) is 3.22. The molecule has 1 aromatic heterocycles. The fourth-order valence-corrected chi connectivity index (χ4v) is 3.60. The maximum atomic E-state index is 15.1. The van der Waals surface area contributed by atoms with E-state index in [0.717, 1.165) is 20.1 Å². The first-order valence-corrected chi connectivity index (χ1v) is 7.92. The third-order valence-corrected chi connectivity index (χ3v) is 4.74. The molecule has 24 heavy (non-hydrogen) atoms. The Balaban J connectivity index is 2.09. The van der Waals surface area contributed by atoms with Crippen LogP contribution in [0.4, 0.5) is 8.63 Å². The van der Waals surface area contributed by atoms with Gasteiger partial charge in [-0.15, -0.1) is 0 Å². The smallest absolute Gasteiger partial charge is 0.451 e. The zero-order valence-corrected chi connectivity index (χ0v) is 13.9. The van der Waals surface area contributed by atoms with Gasteiger partial charge in [-0.1, -0.05) is 41.4 Å². The molecule has 7 heteroatoms. The van der Waals surface area contributed by atoms with Crippen molar-refractivity contribution < 1.29 is 17.9 Å². The van der Waals surface area contributed by atoms with Crippen LogP contribution in [0.15, 0.2) is 54.2 Å². The predicted molar refractivity (Wildman–Crippen MR) is 91.4 cm³/mol. The molecule has 0 unspecified atom stereocenters. The monoisotopic (exact) mass is 346 g/mol. The van der Waals surface area contributed by atoms with E-state index in [4.69, 9.17) is 16.3 Å². The second-order valence-electron chi connectivity index (χ2n) is 5.87. The first-order chi connectivity index (χ1) is 11.4. The number of aryl methyl sites for hydroxylation is 1. The van der Waals surface area contributed by atoms with Crippen molar-refractivity contribution in [2.45, 2.75) is 6.92 Å². The van der Waals surface area contributed by atoms with Gasteiger partial charge in [-0.2, -0.15) is 0 Å². The Labute approximate surface area is 143 Å². The lowest BCUT2D eigenvalue weighted by atomic mass is 9.86. The van der Waals surface area contributed by atoms with Crippen molar-refractivity contribution in [1.82, 2.24) is 4.48 Å². The van der Waals surface area contributed by atoms with Gasteiger partial charge in [-0.25, -0.2) is 0 Å². The van der Waals surface area contributed by atoms with Crippen LogP contribution in [0.2, 0.25) is 5.15 Å². The van der Waals surface area contributed by atoms with Gasteiger partial charge in [-0.05, 0) is 24.6 Å². The lowest BCUT2D eigenvalue weighted by Gasteiger charge is -2.31. The number of allylic oxidation sites excluding steroid dienone is 1. The number of methoxy groups -OCH3 is 1. The van der Waals surface area contributed by atoms with Gasteiger partial charge < -0.3 is 17.8 Å². The molecule has 0 fully saturated rings. The minimum Gasteiger partial charge on any atom is -0.451 e. The van der Waals surface area contributed by atoms with E-state index in [1.807, 2.05) is 31.2 Å². The molecule has 0 atom stereocenters. The lowest BCUT2D eigenvalue weighted by molar-refractivity contribution is -0.372. The van der Waals surface area contributed by atoms with E-state index in [0.29, 0.717) is 17.0 Å². The van der Waals surface area contributed by atoms with E-state index in [9.17, 15) is 0 Å². The summed E-state index contributed by atoms with van der Waals surface area (Å²) in [4.78, 5) is 0. The van der Waals surface area contributed by atoms with Crippen molar-refractivity contribution in [2.75, 3.05) is 7.11 Å². The molecule has 0 saturated heterocycles. The van der Waals surface area contributed by atoms with Crippen LogP contribution in [-0.2, 0) is 4.74 Å². The van der Waals surface area contributed by atoms with E-state index in [1.54, 1.807) is 18.2 Å². The third-order valence-electron chi connectivity index (χ3n) is 4.43. The maximum absolute atomic E-state index is 15.1. The van der Waals surface area contributed by atoms with E-state index in [-0.39, 0.29) is 11.1 Å². The predicted octanol–water partition coefficient (Wildman–Crippen LogP) is 4.07. The highest BCUT2D eigenvalue weighted by atomic mass is 35.5. The van der Waals surface area contributed by atoms with Crippen LogP contribution < -0.4 is 0 Å². The second-order valence-corrected chi connectivity index (χ2v) is 6.26. The van der Waals surface area contributed by atoms with E-state index < -0.39 is 6.97 Å². The number of hydrogen-bond acceptors (Lipinski definition) is 1. The number of hydrogen-bond donors (Lipinski definition) is 0. The molecule has 2 aliphatic rings. The summed E-state index contributed by atoms with van der Waals surface area (Å²) in [5.74, 6) is 0.107. The van der Waals surface area contributed by atoms with E-state index >= 15 is 8.63 Å². The van der Waals surface area contributed by atoms with Gasteiger partial charge in [0.05, 0.1) is 23.9 Å². The Bertz CT molecular complexity index is 942. The van der Waals surface area contributed by atoms with Crippen molar-refractivity contribution in [2.24, 2.45) is 0 Å². The summed E-state index contributed by atoms with van der Waals surface area (Å²) in [6, 6.07) is 10.9. The van der Waals surface area contributed by atoms with Crippen molar-refractivity contribution in [3.8, 4) is 0 Å². The van der Waals surface area contributed by atoms with Gasteiger partial charge in [0.1, 0.15) is 0 Å². The number of rotatable bonds is 1. The molecule has 0 N–H and O–H groups in total. The summed E-state index contributed by atoms with van der Waals surface area (Å²) in [5, 5.41) is 0.000940. The molecule has 2 aromatic rings. The molecule has 0 radical (unpaired) electrons. The van der Waals surface area contributed by atoms with Crippen LogP contribution >= 0.6 is 11.6 Å². The Hall–Kier alpha value is -2.34. The van der Waals surface area contributed by atoms with Crippen LogP contribution in [-0.4, -0.2) is 28.9 Å². The summed E-state index contributed by atoms with van der Waals surface area (Å²) in [7, 11) is 1.38. The van der Waals surface area contributed by atoms with Gasteiger partial charge in [0, 0.05) is 11.8 Å². The molecule has 0 bridgehead atoms. The number of halogens is 3. The van der Waals surface area contributed by atoms with Gasteiger partial charge in [0.15, 0.2) is 5.70 Å². The molecular formula is C17H14BClF2N2O. The van der Waals surface area contributed by atoms with Crippen LogP contribution in [0.25, 0.3) is 5.57 Å². The summed E-state index contributed by atoms with van der Waals surface area (Å²) in [6.45, 7) is -2.14. The number of nitrogens with zero attached hydrogens (tertiary/aromatic N) is 2. The van der Waals surface area contributed by atoms with Gasteiger partial charge in [0.25, 0.3) is 0 Å². The molecule has 0 saturated carbocycles. The minimum absolute atomic E-state index is 0.000940. The topological polar surface area (TPSA) is 17.2 Å². The van der Waals surface area contributed by atoms with Crippen molar-refractivity contribution >= 4 is 30.0 Å². The molecule has 4 rings (SSSR count). The van der Waals surface area contributed by atoms with Gasteiger partial charge in [-0.3, -0.25) is 4.49 Å². The molecule has 3 heterocycles. The summed E-state index contributed by atoms with van der Waals surface area (Å²) in [5.41, 5.74) is 3.49. The van der Waals surface area contributed by atoms with E-state index in [1.165, 1.54) is 13.2 Å². The maximum Gasteiger partial charge on any atom is 0.741 e. The normalized spacial score (nSPS) is 18.0. The quantitative estimate of drug-likeness (QED) is 0.711. The molecule has 2 aliphatic heterocycles. The third kappa shape index (κ3) is 1.92. The average molecular weight is 347 g/mol. The highest BCUT2D eigenvalue weighted by molar-refractivity contribution is 6.59. The largest absolute Gasteiger partial charge is 0.741 e. The number of benzene rings is 1. The second kappa shape index (κ2) is 5.08. The summed E-state index contributed by atoms with van der Waals surface area (Å²) in [6.07, 6.45) is 3.22. The Morgan fingerprint density at radius 2 is 1.79 bits per heavy atom. The molecular weight excluding hydrogens is 332 g/mol. The molecule has 0 spiro atoms. The van der Waals surface area contributed by atoms with Crippen LogP contribution in [0.1, 0.15) is 16.8 Å². The fourth-order valence-electron chi connectivity index (χ4n) is 3.33. The van der Waals surface area contributed by atoms with Crippen molar-refractivity contribution in [3.05, 3.63) is 76.2 Å². The molecule has 122 valence electrons. The van der Waals surface area contributed by atoms with Crippen LogP contribution in [0, 0.1) is 6.92 Å². The standard InChI is InChI=1S/C17H14BClF2N2O/c1-11-3-5-12(6-4-11)17-13-7-9-15(19)22(13)18(20,21)23-14(17)8-10-16(23)24-2/h3-10H,1-2H3. The Morgan fingerprint density at radius 3 is 2.46 bits per heavy atom. The fraction of sp³-hybridized carbons (Fsp3) is 0.118.